The number of aromatic nitrogens is 3. The van der Waals surface area contributed by atoms with Crippen LogP contribution in [0.5, 0.6) is 0 Å². The first-order chi connectivity index (χ1) is 32.3. The molecule has 0 bridgehead atoms. The van der Waals surface area contributed by atoms with Crippen molar-refractivity contribution in [1.29, 1.82) is 0 Å². The maximum absolute atomic E-state index is 6.97. The maximum Gasteiger partial charge on any atom is 0.121 e. The molecule has 0 saturated carbocycles. The molecule has 0 saturated heterocycles. The van der Waals surface area contributed by atoms with Crippen LogP contribution in [0.1, 0.15) is 130 Å². The van der Waals surface area contributed by atoms with Crippen molar-refractivity contribution in [2.75, 3.05) is 0 Å². The Morgan fingerprint density at radius 3 is 1.93 bits per heavy atom. The van der Waals surface area contributed by atoms with Gasteiger partial charge in [0.25, 0.3) is 0 Å². The van der Waals surface area contributed by atoms with Crippen LogP contribution in [-0.4, -0.2) is 14.5 Å². The summed E-state index contributed by atoms with van der Waals surface area (Å²) in [5.41, 5.74) is 15.6. The van der Waals surface area contributed by atoms with Crippen LogP contribution in [0.3, 0.4) is 0 Å². The van der Waals surface area contributed by atoms with Crippen molar-refractivity contribution >= 4 is 54.5 Å². The molecule has 5 heteroatoms. The second kappa shape index (κ2) is 16.6. The molecule has 0 atom stereocenters. The van der Waals surface area contributed by atoms with Crippen LogP contribution in [-0.2, 0) is 47.2 Å². The Kier molecular flexibility index (Phi) is 11.3. The molecule has 2 aliphatic rings. The molecule has 3 heterocycles. The summed E-state index contributed by atoms with van der Waals surface area (Å²) in [5, 5.41) is 7.12. The van der Waals surface area contributed by atoms with E-state index in [1.54, 1.807) is 0 Å². The van der Waals surface area contributed by atoms with E-state index >= 15 is 0 Å². The molecule has 0 aliphatic heterocycles. The number of rotatable bonds is 3. The Balaban J connectivity index is 0.000000277. The van der Waals surface area contributed by atoms with Gasteiger partial charge in [-0.25, -0.2) is 0 Å². The van der Waals surface area contributed by atoms with Crippen molar-refractivity contribution in [3.05, 3.63) is 174 Å². The first kappa shape index (κ1) is 46.8. The molecule has 0 spiro atoms. The molecule has 10 aromatic rings. The van der Waals surface area contributed by atoms with Crippen molar-refractivity contribution in [2.45, 2.75) is 129 Å². The second-order valence-corrected chi connectivity index (χ2v) is 23.4. The van der Waals surface area contributed by atoms with E-state index in [0.717, 1.165) is 68.5 Å². The van der Waals surface area contributed by atoms with Crippen molar-refractivity contribution < 1.29 is 24.5 Å². The van der Waals surface area contributed by atoms with Gasteiger partial charge in [-0.15, -0.1) is 54.1 Å². The summed E-state index contributed by atoms with van der Waals surface area (Å²) >= 11 is 0. The number of furan rings is 1. The van der Waals surface area contributed by atoms with Crippen molar-refractivity contribution in [1.82, 2.24) is 14.5 Å². The van der Waals surface area contributed by atoms with E-state index in [4.69, 9.17) is 9.40 Å². The van der Waals surface area contributed by atoms with Gasteiger partial charge in [0, 0.05) is 37.4 Å². The molecule has 12 rings (SSSR count). The van der Waals surface area contributed by atoms with E-state index < -0.39 is 0 Å². The van der Waals surface area contributed by atoms with Gasteiger partial charge < -0.3 is 14.0 Å². The summed E-state index contributed by atoms with van der Waals surface area (Å²) in [6, 6.07) is 52.2. The van der Waals surface area contributed by atoms with Crippen LogP contribution >= 0.6 is 0 Å². The predicted octanol–water partition coefficient (Wildman–Crippen LogP) is 17.2. The fourth-order valence-corrected chi connectivity index (χ4v) is 11.5. The minimum atomic E-state index is -0.0203. The monoisotopic (exact) mass is 1080 g/mol. The van der Waals surface area contributed by atoms with E-state index in [-0.39, 0.29) is 47.2 Å². The summed E-state index contributed by atoms with van der Waals surface area (Å²) in [4.78, 5) is 9.91. The van der Waals surface area contributed by atoms with Crippen LogP contribution in [0, 0.1) is 12.1 Å². The Morgan fingerprint density at radius 2 is 1.23 bits per heavy atom. The van der Waals surface area contributed by atoms with E-state index in [1.165, 1.54) is 67.9 Å². The van der Waals surface area contributed by atoms with Gasteiger partial charge in [0.1, 0.15) is 5.58 Å². The third-order valence-corrected chi connectivity index (χ3v) is 15.8. The SMILES string of the molecule is CC(C)(C)c1ccnc(-c2[c-]cccc2)c1.CC1(C)CCC(C)(C)c2c1cc1c(c2-n2c(-c3[c-]ccc4c3oc3cc5c(ccc6ccccc65)cc34)nc3ccccc32)C(C)(C)CCC1(C)C.[Ir]. The Labute approximate surface area is 421 Å². The summed E-state index contributed by atoms with van der Waals surface area (Å²) in [6.45, 7) is 26.3. The Morgan fingerprint density at radius 1 is 0.580 bits per heavy atom. The second-order valence-electron chi connectivity index (χ2n) is 23.4. The first-order valence-corrected chi connectivity index (χ1v) is 24.7. The molecule has 351 valence electrons. The molecule has 3 aromatic heterocycles. The third kappa shape index (κ3) is 7.85. The smallest absolute Gasteiger partial charge is 0.121 e. The predicted molar refractivity (Wildman–Crippen MR) is 285 cm³/mol. The molecule has 0 N–H and O–H groups in total. The molecule has 0 amide bonds. The number of imidazole rings is 1. The Bertz CT molecular complexity index is 3560. The van der Waals surface area contributed by atoms with E-state index in [1.807, 2.05) is 30.5 Å². The Hall–Kier alpha value is -5.87. The van der Waals surface area contributed by atoms with E-state index in [9.17, 15) is 0 Å². The van der Waals surface area contributed by atoms with Crippen LogP contribution in [0.25, 0.3) is 82.8 Å². The normalized spacial score (nSPS) is 16.7. The number of fused-ring (bicyclic) bond motifs is 9. The van der Waals surface area contributed by atoms with Crippen LogP contribution in [0.15, 0.2) is 138 Å². The van der Waals surface area contributed by atoms with E-state index in [0.29, 0.717) is 0 Å². The summed E-state index contributed by atoms with van der Waals surface area (Å²) in [5.74, 6) is 0.898. The average Bonchev–Trinajstić information content (AvgIpc) is 3.89. The molecule has 7 aromatic carbocycles. The van der Waals surface area contributed by atoms with Gasteiger partial charge in [-0.1, -0.05) is 148 Å². The van der Waals surface area contributed by atoms with Gasteiger partial charge in [0.15, 0.2) is 0 Å². The fraction of sp³-hybridized carbons (Fsp3) is 0.312. The number of pyridine rings is 1. The van der Waals surface area contributed by atoms with Crippen LogP contribution in [0.4, 0.5) is 0 Å². The molecule has 2 aliphatic carbocycles. The molecule has 0 fully saturated rings. The number of para-hydroxylation sites is 2. The van der Waals surface area contributed by atoms with Gasteiger partial charge in [0.05, 0.1) is 22.4 Å². The van der Waals surface area contributed by atoms with Gasteiger partial charge in [0.2, 0.25) is 0 Å². The first-order valence-electron chi connectivity index (χ1n) is 24.7. The quantitative estimate of drug-likeness (QED) is 0.131. The van der Waals surface area contributed by atoms with Crippen molar-refractivity contribution in [2.24, 2.45) is 0 Å². The summed E-state index contributed by atoms with van der Waals surface area (Å²) in [6.07, 6.45) is 6.48. The summed E-state index contributed by atoms with van der Waals surface area (Å²) in [7, 11) is 0. The molecule has 0 unspecified atom stereocenters. The molecule has 1 radical (unpaired) electrons. The van der Waals surface area contributed by atoms with E-state index in [2.05, 4.69) is 201 Å². The maximum atomic E-state index is 6.97. The van der Waals surface area contributed by atoms with Crippen molar-refractivity contribution in [3.8, 4) is 28.3 Å². The standard InChI is InChI=1S/C49H47N2O.C15H16N.Ir/c1-46(2)22-24-48(5,6)41-36(46)28-37-42(49(7,8)25-23-47(37,3)4)43(41)51-39-19-12-11-18-38(39)50-45(51)33-17-13-16-32-35-26-30-21-20-29-14-9-10-15-31(29)34(30)27-40(35)52-44(32)33;1-15(2,3)13-9-10-16-14(11-13)12-7-5-4-6-8-12;/h9-16,18-21,26-28H,22-25H2,1-8H3;4-7,9-11H,1-3H3;/q2*-1;. The zero-order valence-electron chi connectivity index (χ0n) is 42.1. The summed E-state index contributed by atoms with van der Waals surface area (Å²) < 4.78 is 9.50. The third-order valence-electron chi connectivity index (χ3n) is 15.8. The molecule has 4 nitrogen and oxygen atoms in total. The van der Waals surface area contributed by atoms with Crippen LogP contribution < -0.4 is 0 Å². The van der Waals surface area contributed by atoms with Gasteiger partial charge in [-0.2, -0.15) is 0 Å². The molecular formula is C64H63IrN3O-2. The average molecular weight is 1080 g/mol. The van der Waals surface area contributed by atoms with Crippen molar-refractivity contribution in [3.63, 3.8) is 0 Å². The van der Waals surface area contributed by atoms with Gasteiger partial charge in [-0.3, -0.25) is 4.98 Å². The van der Waals surface area contributed by atoms with Gasteiger partial charge in [-0.05, 0) is 138 Å². The minimum Gasteiger partial charge on any atom is -0.501 e. The topological polar surface area (TPSA) is 43.9 Å². The number of nitrogens with zero attached hydrogens (tertiary/aromatic N) is 3. The zero-order chi connectivity index (χ0) is 47.5. The number of hydrogen-bond acceptors (Lipinski definition) is 3. The zero-order valence-corrected chi connectivity index (χ0v) is 44.5. The molecular weight excluding hydrogens is 1020 g/mol. The minimum absolute atomic E-state index is 0. The fourth-order valence-electron chi connectivity index (χ4n) is 11.5. The number of benzene rings is 7. The number of hydrogen-bond donors (Lipinski definition) is 0. The molecule has 69 heavy (non-hydrogen) atoms. The van der Waals surface area contributed by atoms with Gasteiger partial charge >= 0.3 is 0 Å². The largest absolute Gasteiger partial charge is 0.501 e. The van der Waals surface area contributed by atoms with Crippen LogP contribution in [0.2, 0.25) is 0 Å².